The molecule has 2 aliphatic rings. The fourth-order valence-corrected chi connectivity index (χ4v) is 4.12. The van der Waals surface area contributed by atoms with Gasteiger partial charge >= 0.3 is 0 Å². The molecule has 2 aliphatic heterocycles. The quantitative estimate of drug-likeness (QED) is 0.744. The first-order chi connectivity index (χ1) is 14.3. The smallest absolute Gasteiger partial charge is 0.275 e. The Morgan fingerprint density at radius 2 is 1.45 bits per heavy atom. The Balaban J connectivity index is 1.73. The van der Waals surface area contributed by atoms with E-state index in [-0.39, 0.29) is 11.9 Å². The molecule has 0 spiro atoms. The van der Waals surface area contributed by atoms with E-state index in [1.165, 1.54) is 0 Å². The Labute approximate surface area is 170 Å². The molecule has 1 N–H and O–H groups in total. The molecule has 29 heavy (non-hydrogen) atoms. The van der Waals surface area contributed by atoms with Gasteiger partial charge in [-0.25, -0.2) is 0 Å². The van der Waals surface area contributed by atoms with E-state index in [1.54, 1.807) is 0 Å². The number of carbonyl (C=O) groups excluding carboxylic acids is 1. The Kier molecular flexibility index (Phi) is 4.45. The zero-order chi connectivity index (χ0) is 19.6. The Hall–Kier alpha value is -3.66. The van der Waals surface area contributed by atoms with Crippen molar-refractivity contribution in [1.29, 1.82) is 0 Å². The van der Waals surface area contributed by atoms with Crippen LogP contribution >= 0.6 is 0 Å². The van der Waals surface area contributed by atoms with Crippen LogP contribution in [0.5, 0.6) is 0 Å². The molecule has 0 bridgehead atoms. The van der Waals surface area contributed by atoms with Gasteiger partial charge in [0.25, 0.3) is 5.91 Å². The lowest BCUT2D eigenvalue weighted by atomic mass is 9.91. The molecular formula is C25H21N3O. The van der Waals surface area contributed by atoms with Crippen molar-refractivity contribution in [2.24, 2.45) is 4.99 Å². The van der Waals surface area contributed by atoms with Crippen LogP contribution in [0.2, 0.25) is 0 Å². The van der Waals surface area contributed by atoms with Gasteiger partial charge < -0.3 is 5.32 Å². The van der Waals surface area contributed by atoms with E-state index in [9.17, 15) is 4.79 Å². The van der Waals surface area contributed by atoms with Crippen LogP contribution in [-0.2, 0) is 4.79 Å². The lowest BCUT2D eigenvalue weighted by Gasteiger charge is -2.28. The number of hydrogen-bond donors (Lipinski definition) is 1. The molecule has 0 radical (unpaired) electrons. The van der Waals surface area contributed by atoms with Crippen molar-refractivity contribution in [2.75, 3.05) is 18.0 Å². The van der Waals surface area contributed by atoms with Crippen molar-refractivity contribution in [1.82, 2.24) is 5.32 Å². The number of benzene rings is 3. The molecule has 0 aromatic heterocycles. The zero-order valence-corrected chi connectivity index (χ0v) is 16.0. The van der Waals surface area contributed by atoms with Gasteiger partial charge in [0.1, 0.15) is 5.70 Å². The second-order valence-electron chi connectivity index (χ2n) is 7.14. The number of amides is 1. The van der Waals surface area contributed by atoms with Crippen LogP contribution in [0.15, 0.2) is 107 Å². The lowest BCUT2D eigenvalue weighted by Crippen LogP contribution is -2.33. The average molecular weight is 379 g/mol. The summed E-state index contributed by atoms with van der Waals surface area (Å²) in [7, 11) is 0. The van der Waals surface area contributed by atoms with Gasteiger partial charge in [-0.15, -0.1) is 0 Å². The molecule has 0 saturated carbocycles. The lowest BCUT2D eigenvalue weighted by molar-refractivity contribution is -0.115. The molecule has 3 aromatic carbocycles. The van der Waals surface area contributed by atoms with Crippen LogP contribution in [0, 0.1) is 0 Å². The molecule has 3 aromatic rings. The van der Waals surface area contributed by atoms with Crippen LogP contribution in [0.1, 0.15) is 17.2 Å². The summed E-state index contributed by atoms with van der Waals surface area (Å²) in [5, 5.41) is 3.37. The third kappa shape index (κ3) is 3.03. The highest BCUT2D eigenvalue weighted by Crippen LogP contribution is 2.42. The molecule has 4 heteroatoms. The van der Waals surface area contributed by atoms with Crippen LogP contribution in [-0.4, -0.2) is 24.7 Å². The van der Waals surface area contributed by atoms with Gasteiger partial charge in [-0.05, 0) is 17.7 Å². The molecule has 0 fully saturated rings. The van der Waals surface area contributed by atoms with Crippen molar-refractivity contribution < 1.29 is 4.79 Å². The second-order valence-corrected chi connectivity index (χ2v) is 7.14. The van der Waals surface area contributed by atoms with Gasteiger partial charge in [0.2, 0.25) is 0 Å². The van der Waals surface area contributed by atoms with E-state index in [0.717, 1.165) is 28.1 Å². The number of carbonyl (C=O) groups is 1. The van der Waals surface area contributed by atoms with Crippen molar-refractivity contribution in [2.45, 2.75) is 6.04 Å². The maximum atomic E-state index is 13.6. The van der Waals surface area contributed by atoms with Gasteiger partial charge in [0.05, 0.1) is 18.3 Å². The number of rotatable bonds is 3. The van der Waals surface area contributed by atoms with E-state index in [0.29, 0.717) is 18.8 Å². The summed E-state index contributed by atoms with van der Waals surface area (Å²) >= 11 is 0. The molecule has 142 valence electrons. The highest BCUT2D eigenvalue weighted by atomic mass is 16.2. The predicted octanol–water partition coefficient (Wildman–Crippen LogP) is 4.12. The molecule has 1 unspecified atom stereocenters. The number of nitrogens with one attached hydrogen (secondary N) is 1. The van der Waals surface area contributed by atoms with Crippen molar-refractivity contribution in [3.05, 3.63) is 113 Å². The number of aliphatic imine (C=N–C) groups is 1. The van der Waals surface area contributed by atoms with Crippen molar-refractivity contribution in [3.8, 4) is 0 Å². The second kappa shape index (κ2) is 7.40. The SMILES string of the molecule is O=C1C2=C(C(c3ccccc3)=NCCN2)C(c2ccccc2)N1c1ccccc1. The number of anilines is 1. The normalized spacial score (nSPS) is 18.8. The summed E-state index contributed by atoms with van der Waals surface area (Å²) in [5.74, 6) is -0.00872. The summed E-state index contributed by atoms with van der Waals surface area (Å²) in [5.41, 5.74) is 5.49. The highest BCUT2D eigenvalue weighted by Gasteiger charge is 2.43. The standard InChI is InChI=1S/C25H21N3O/c29-25-23-21(22(26-16-17-27-23)18-10-4-1-5-11-18)24(19-12-6-2-7-13-19)28(25)20-14-8-3-9-15-20/h1-15,24,27H,16-17H2. The van der Waals surface area contributed by atoms with Crippen LogP contribution in [0.4, 0.5) is 5.69 Å². The van der Waals surface area contributed by atoms with Crippen LogP contribution in [0.3, 0.4) is 0 Å². The first-order valence-electron chi connectivity index (χ1n) is 9.86. The third-order valence-electron chi connectivity index (χ3n) is 5.37. The number of para-hydroxylation sites is 1. The first-order valence-corrected chi connectivity index (χ1v) is 9.86. The average Bonchev–Trinajstić information content (AvgIpc) is 2.93. The van der Waals surface area contributed by atoms with E-state index in [2.05, 4.69) is 29.6 Å². The van der Waals surface area contributed by atoms with Gasteiger partial charge in [0.15, 0.2) is 0 Å². The maximum absolute atomic E-state index is 13.6. The number of hydrogen-bond acceptors (Lipinski definition) is 3. The largest absolute Gasteiger partial charge is 0.378 e. The van der Waals surface area contributed by atoms with Crippen LogP contribution in [0.25, 0.3) is 0 Å². The topological polar surface area (TPSA) is 44.7 Å². The predicted molar refractivity (Wildman–Crippen MR) is 116 cm³/mol. The molecule has 5 rings (SSSR count). The Morgan fingerprint density at radius 1 is 0.828 bits per heavy atom. The fourth-order valence-electron chi connectivity index (χ4n) is 4.12. The molecule has 4 nitrogen and oxygen atoms in total. The Bertz CT molecular complexity index is 1090. The summed E-state index contributed by atoms with van der Waals surface area (Å²) < 4.78 is 0. The molecular weight excluding hydrogens is 358 g/mol. The molecule has 0 aliphatic carbocycles. The summed E-state index contributed by atoms with van der Waals surface area (Å²) in [6, 6.07) is 30.0. The summed E-state index contributed by atoms with van der Waals surface area (Å²) in [4.78, 5) is 20.4. The van der Waals surface area contributed by atoms with E-state index >= 15 is 0 Å². The summed E-state index contributed by atoms with van der Waals surface area (Å²) in [6.07, 6.45) is 0. The Morgan fingerprint density at radius 3 is 2.14 bits per heavy atom. The van der Waals surface area contributed by atoms with Crippen molar-refractivity contribution in [3.63, 3.8) is 0 Å². The third-order valence-corrected chi connectivity index (χ3v) is 5.37. The zero-order valence-electron chi connectivity index (χ0n) is 16.0. The number of nitrogens with zero attached hydrogens (tertiary/aromatic N) is 2. The monoisotopic (exact) mass is 379 g/mol. The first kappa shape index (κ1) is 17.4. The summed E-state index contributed by atoms with van der Waals surface area (Å²) in [6.45, 7) is 1.28. The minimum absolute atomic E-state index is 0.00872. The molecule has 2 heterocycles. The van der Waals surface area contributed by atoms with E-state index in [1.807, 2.05) is 71.6 Å². The minimum Gasteiger partial charge on any atom is -0.378 e. The van der Waals surface area contributed by atoms with Gasteiger partial charge in [0, 0.05) is 23.4 Å². The van der Waals surface area contributed by atoms with E-state index < -0.39 is 0 Å². The molecule has 0 saturated heterocycles. The van der Waals surface area contributed by atoms with Crippen LogP contribution < -0.4 is 10.2 Å². The maximum Gasteiger partial charge on any atom is 0.275 e. The molecule has 1 amide bonds. The highest BCUT2D eigenvalue weighted by molar-refractivity contribution is 6.23. The minimum atomic E-state index is -0.231. The van der Waals surface area contributed by atoms with Gasteiger partial charge in [-0.1, -0.05) is 78.9 Å². The molecule has 1 atom stereocenters. The van der Waals surface area contributed by atoms with Gasteiger partial charge in [-0.2, -0.15) is 0 Å². The van der Waals surface area contributed by atoms with Gasteiger partial charge in [-0.3, -0.25) is 14.7 Å². The van der Waals surface area contributed by atoms with Crippen molar-refractivity contribution >= 4 is 17.3 Å². The fraction of sp³-hybridized carbons (Fsp3) is 0.120. The van der Waals surface area contributed by atoms with E-state index in [4.69, 9.17) is 4.99 Å².